The van der Waals surface area contributed by atoms with Gasteiger partial charge < -0.3 is 10.2 Å². The second-order valence-corrected chi connectivity index (χ2v) is 8.41. The fraction of sp³-hybridized carbons (Fsp3) is 0.273. The van der Waals surface area contributed by atoms with Gasteiger partial charge in [0.1, 0.15) is 17.9 Å². The van der Waals surface area contributed by atoms with Crippen LogP contribution in [0, 0.1) is 24.0 Å². The van der Waals surface area contributed by atoms with Crippen LogP contribution in [0.3, 0.4) is 0 Å². The van der Waals surface area contributed by atoms with Gasteiger partial charge in [0.05, 0.1) is 16.3 Å². The Balaban J connectivity index is 1.36. The maximum atomic E-state index is 12.3. The standard InChI is InChI=1S/C22H23N5O3S/c1-15-22(27(29)30)16(2)26(24-15)14-21(28)23-12-7-13-25-17-8-3-5-10-19(17)31-20-11-6-4-9-18(20)25/h3-6,8-11H,7,12-14H2,1-2H3,(H,23,28). The van der Waals surface area contributed by atoms with Crippen LogP contribution in [-0.4, -0.2) is 33.7 Å². The summed E-state index contributed by atoms with van der Waals surface area (Å²) in [5.41, 5.74) is 3.01. The molecule has 8 nitrogen and oxygen atoms in total. The molecule has 3 aromatic rings. The molecule has 2 aromatic carbocycles. The van der Waals surface area contributed by atoms with E-state index in [4.69, 9.17) is 0 Å². The number of carbonyl (C=O) groups is 1. The van der Waals surface area contributed by atoms with E-state index in [0.717, 1.165) is 13.0 Å². The fourth-order valence-electron chi connectivity index (χ4n) is 3.78. The van der Waals surface area contributed by atoms with Crippen molar-refractivity contribution in [2.45, 2.75) is 36.6 Å². The first-order chi connectivity index (χ1) is 15.0. The van der Waals surface area contributed by atoms with Crippen LogP contribution >= 0.6 is 11.8 Å². The third-order valence-corrected chi connectivity index (χ3v) is 6.36. The van der Waals surface area contributed by atoms with E-state index >= 15 is 0 Å². The molecule has 1 amide bonds. The van der Waals surface area contributed by atoms with E-state index in [2.05, 4.69) is 39.6 Å². The highest BCUT2D eigenvalue weighted by Gasteiger charge is 2.24. The fourth-order valence-corrected chi connectivity index (χ4v) is 4.88. The van der Waals surface area contributed by atoms with E-state index in [0.29, 0.717) is 17.9 Å². The van der Waals surface area contributed by atoms with Crippen molar-refractivity contribution in [2.24, 2.45) is 0 Å². The van der Waals surface area contributed by atoms with Crippen molar-refractivity contribution >= 4 is 34.7 Å². The van der Waals surface area contributed by atoms with E-state index < -0.39 is 4.92 Å². The molecular formula is C22H23N5O3S. The normalized spacial score (nSPS) is 12.3. The van der Waals surface area contributed by atoms with Gasteiger partial charge in [-0.25, -0.2) is 0 Å². The number of para-hydroxylation sites is 2. The van der Waals surface area contributed by atoms with Crippen LogP contribution < -0.4 is 10.2 Å². The smallest absolute Gasteiger partial charge is 0.312 e. The topological polar surface area (TPSA) is 93.3 Å². The minimum Gasteiger partial charge on any atom is -0.354 e. The lowest BCUT2D eigenvalue weighted by Gasteiger charge is -2.32. The number of aryl methyl sites for hydroxylation is 1. The van der Waals surface area contributed by atoms with Gasteiger partial charge in [-0.2, -0.15) is 5.10 Å². The lowest BCUT2D eigenvalue weighted by Crippen LogP contribution is -2.31. The molecule has 9 heteroatoms. The van der Waals surface area contributed by atoms with Crippen molar-refractivity contribution in [3.8, 4) is 0 Å². The zero-order valence-corrected chi connectivity index (χ0v) is 18.2. The molecule has 4 rings (SSSR count). The first-order valence-corrected chi connectivity index (χ1v) is 10.9. The summed E-state index contributed by atoms with van der Waals surface area (Å²) in [5.74, 6) is -0.213. The average molecular weight is 438 g/mol. The Hall–Kier alpha value is -3.33. The van der Waals surface area contributed by atoms with Crippen LogP contribution in [0.2, 0.25) is 0 Å². The summed E-state index contributed by atoms with van der Waals surface area (Å²) in [6.45, 7) is 4.42. The maximum Gasteiger partial charge on any atom is 0.312 e. The molecule has 0 aliphatic carbocycles. The van der Waals surface area contributed by atoms with Crippen molar-refractivity contribution in [2.75, 3.05) is 18.0 Å². The average Bonchev–Trinajstić information content (AvgIpc) is 3.03. The number of carbonyl (C=O) groups excluding carboxylic acids is 1. The molecule has 0 radical (unpaired) electrons. The molecule has 160 valence electrons. The number of benzene rings is 2. The number of anilines is 2. The molecule has 0 bridgehead atoms. The highest BCUT2D eigenvalue weighted by molar-refractivity contribution is 7.99. The maximum absolute atomic E-state index is 12.3. The van der Waals surface area contributed by atoms with Crippen molar-refractivity contribution in [1.82, 2.24) is 15.1 Å². The summed E-state index contributed by atoms with van der Waals surface area (Å²) in [6, 6.07) is 16.6. The zero-order chi connectivity index (χ0) is 22.0. The van der Waals surface area contributed by atoms with Crippen LogP contribution in [0.25, 0.3) is 0 Å². The highest BCUT2D eigenvalue weighted by Crippen LogP contribution is 2.47. The van der Waals surface area contributed by atoms with Crippen molar-refractivity contribution < 1.29 is 9.72 Å². The predicted molar refractivity (Wildman–Crippen MR) is 120 cm³/mol. The molecule has 1 aromatic heterocycles. The minimum absolute atomic E-state index is 0.0342. The molecule has 0 spiro atoms. The van der Waals surface area contributed by atoms with Crippen LogP contribution in [0.1, 0.15) is 17.8 Å². The Bertz CT molecular complexity index is 1100. The number of amides is 1. The molecule has 2 heterocycles. The van der Waals surface area contributed by atoms with E-state index in [1.54, 1.807) is 25.6 Å². The molecule has 0 fully saturated rings. The molecule has 0 atom stereocenters. The third-order valence-electron chi connectivity index (χ3n) is 5.23. The molecule has 0 saturated heterocycles. The zero-order valence-electron chi connectivity index (χ0n) is 17.4. The highest BCUT2D eigenvalue weighted by atomic mass is 32.2. The number of hydrogen-bond acceptors (Lipinski definition) is 6. The number of hydrogen-bond donors (Lipinski definition) is 1. The first kappa shape index (κ1) is 20.9. The van der Waals surface area contributed by atoms with Crippen LogP contribution in [0.15, 0.2) is 58.3 Å². The Morgan fingerprint density at radius 3 is 2.29 bits per heavy atom. The van der Waals surface area contributed by atoms with Crippen molar-refractivity contribution in [3.05, 3.63) is 70.0 Å². The van der Waals surface area contributed by atoms with Crippen LogP contribution in [0.5, 0.6) is 0 Å². The molecule has 1 aliphatic rings. The summed E-state index contributed by atoms with van der Waals surface area (Å²) in [7, 11) is 0. The second-order valence-electron chi connectivity index (χ2n) is 7.33. The summed E-state index contributed by atoms with van der Waals surface area (Å²) < 4.78 is 1.39. The summed E-state index contributed by atoms with van der Waals surface area (Å²) in [4.78, 5) is 27.7. The van der Waals surface area contributed by atoms with Crippen molar-refractivity contribution in [3.63, 3.8) is 0 Å². The van der Waals surface area contributed by atoms with Gasteiger partial charge in [0.15, 0.2) is 0 Å². The van der Waals surface area contributed by atoms with Gasteiger partial charge >= 0.3 is 5.69 Å². The Morgan fingerprint density at radius 2 is 1.71 bits per heavy atom. The van der Waals surface area contributed by atoms with Gasteiger partial charge in [-0.15, -0.1) is 0 Å². The quantitative estimate of drug-likeness (QED) is 0.338. The number of nitrogens with zero attached hydrogens (tertiary/aromatic N) is 4. The van der Waals surface area contributed by atoms with Gasteiger partial charge in [-0.3, -0.25) is 19.6 Å². The first-order valence-electron chi connectivity index (χ1n) is 10.0. The number of rotatable bonds is 7. The summed E-state index contributed by atoms with van der Waals surface area (Å²) >= 11 is 1.77. The minimum atomic E-state index is -0.460. The van der Waals surface area contributed by atoms with Gasteiger partial charge in [0, 0.05) is 22.9 Å². The van der Waals surface area contributed by atoms with E-state index in [9.17, 15) is 14.9 Å². The van der Waals surface area contributed by atoms with E-state index in [1.807, 2.05) is 24.3 Å². The molecule has 31 heavy (non-hydrogen) atoms. The van der Waals surface area contributed by atoms with Gasteiger partial charge in [-0.05, 0) is 44.5 Å². The lowest BCUT2D eigenvalue weighted by molar-refractivity contribution is -0.386. The third kappa shape index (κ3) is 4.27. The van der Waals surface area contributed by atoms with Crippen molar-refractivity contribution in [1.29, 1.82) is 0 Å². The molecule has 1 N–H and O–H groups in total. The Morgan fingerprint density at radius 1 is 1.10 bits per heavy atom. The summed E-state index contributed by atoms with van der Waals surface area (Å²) in [5, 5.41) is 18.2. The number of nitro groups is 1. The molecule has 0 saturated carbocycles. The number of fused-ring (bicyclic) bond motifs is 2. The predicted octanol–water partition coefficient (Wildman–Crippen LogP) is 4.22. The Labute approximate surface area is 184 Å². The Kier molecular flexibility index (Phi) is 5.94. The number of nitrogens with one attached hydrogen (secondary N) is 1. The molecular weight excluding hydrogens is 414 g/mol. The largest absolute Gasteiger partial charge is 0.354 e. The number of aromatic nitrogens is 2. The van der Waals surface area contributed by atoms with Gasteiger partial charge in [0.2, 0.25) is 5.91 Å². The van der Waals surface area contributed by atoms with Crippen LogP contribution in [-0.2, 0) is 11.3 Å². The van der Waals surface area contributed by atoms with E-state index in [1.165, 1.54) is 25.8 Å². The molecule has 0 unspecified atom stereocenters. The lowest BCUT2D eigenvalue weighted by atomic mass is 10.2. The van der Waals surface area contributed by atoms with Gasteiger partial charge in [-0.1, -0.05) is 36.0 Å². The SMILES string of the molecule is Cc1nn(CC(=O)NCCCN2c3ccccc3Sc3ccccc32)c(C)c1[N+](=O)[O-]. The molecule has 1 aliphatic heterocycles. The second kappa shape index (κ2) is 8.81. The van der Waals surface area contributed by atoms with Crippen LogP contribution in [0.4, 0.5) is 17.1 Å². The summed E-state index contributed by atoms with van der Waals surface area (Å²) in [6.07, 6.45) is 0.760. The monoisotopic (exact) mass is 437 g/mol. The van der Waals surface area contributed by atoms with E-state index in [-0.39, 0.29) is 18.1 Å². The van der Waals surface area contributed by atoms with Gasteiger partial charge in [0.25, 0.3) is 0 Å².